The number of aromatic nitrogens is 5. The number of furan rings is 1. The van der Waals surface area contributed by atoms with Gasteiger partial charge in [0.05, 0.1) is 17.1 Å². The van der Waals surface area contributed by atoms with Crippen molar-refractivity contribution in [1.82, 2.24) is 24.7 Å². The zero-order valence-corrected chi connectivity index (χ0v) is 14.1. The second kappa shape index (κ2) is 6.04. The second-order valence-corrected chi connectivity index (χ2v) is 6.60. The molecule has 0 bridgehead atoms. The Morgan fingerprint density at radius 3 is 2.78 bits per heavy atom. The quantitative estimate of drug-likeness (QED) is 0.739. The van der Waals surface area contributed by atoms with Gasteiger partial charge in [0.15, 0.2) is 11.0 Å². The predicted molar refractivity (Wildman–Crippen MR) is 87.3 cm³/mol. The number of hydrogen-bond acceptors (Lipinski definition) is 6. The lowest BCUT2D eigenvalue weighted by atomic mass is 10.2. The lowest BCUT2D eigenvalue weighted by Crippen LogP contribution is -2.12. The molecule has 0 saturated heterocycles. The van der Waals surface area contributed by atoms with Gasteiger partial charge < -0.3 is 14.0 Å². The third kappa shape index (κ3) is 3.07. The first kappa shape index (κ1) is 15.5. The molecule has 3 aromatic rings. The van der Waals surface area contributed by atoms with E-state index < -0.39 is 0 Å². The molecule has 0 radical (unpaired) electrons. The van der Waals surface area contributed by atoms with E-state index in [2.05, 4.69) is 20.2 Å². The fourth-order valence-electron chi connectivity index (χ4n) is 2.28. The average molecular weight is 331 g/mol. The first-order chi connectivity index (χ1) is 11.0. The van der Waals surface area contributed by atoms with Crippen LogP contribution in [0.4, 0.5) is 0 Å². The van der Waals surface area contributed by atoms with E-state index in [0.29, 0.717) is 11.5 Å². The Bertz CT molecular complexity index is 895. The molecule has 0 aromatic carbocycles. The number of nitrogens with one attached hydrogen (secondary N) is 1. The van der Waals surface area contributed by atoms with Gasteiger partial charge in [-0.3, -0.25) is 4.79 Å². The van der Waals surface area contributed by atoms with Gasteiger partial charge in [-0.25, -0.2) is 4.98 Å². The number of thioether (sulfide) groups is 1. The summed E-state index contributed by atoms with van der Waals surface area (Å²) in [5.74, 6) is 2.18. The van der Waals surface area contributed by atoms with Crippen LogP contribution in [-0.2, 0) is 7.05 Å². The molecule has 0 aliphatic rings. The highest BCUT2D eigenvalue weighted by Crippen LogP contribution is 2.33. The Morgan fingerprint density at radius 2 is 2.13 bits per heavy atom. The predicted octanol–water partition coefficient (Wildman–Crippen LogP) is 2.63. The van der Waals surface area contributed by atoms with E-state index in [9.17, 15) is 4.79 Å². The highest BCUT2D eigenvalue weighted by Gasteiger charge is 2.18. The Balaban J connectivity index is 1.87. The lowest BCUT2D eigenvalue weighted by molar-refractivity contribution is 0.534. The molecule has 0 aliphatic heterocycles. The summed E-state index contributed by atoms with van der Waals surface area (Å²) in [7, 11) is 1.91. The van der Waals surface area contributed by atoms with Gasteiger partial charge in [-0.15, -0.1) is 10.2 Å². The lowest BCUT2D eigenvalue weighted by Gasteiger charge is -2.10. The fraction of sp³-hybridized carbons (Fsp3) is 0.333. The number of hydrogen-bond donors (Lipinski definition) is 1. The zero-order valence-electron chi connectivity index (χ0n) is 13.3. The van der Waals surface area contributed by atoms with Gasteiger partial charge in [0.1, 0.15) is 11.6 Å². The standard InChI is InChI=1S/C15H17N5O2S/c1-8-7-12(21)17-13(16-8)10(3)23-15-19-18-14(20(15)4)11-5-6-22-9(11)2/h5-7,10H,1-4H3,(H,16,17,21). The van der Waals surface area contributed by atoms with Crippen LogP contribution in [0, 0.1) is 13.8 Å². The van der Waals surface area contributed by atoms with E-state index in [1.165, 1.54) is 17.8 Å². The first-order valence-corrected chi connectivity index (χ1v) is 8.02. The smallest absolute Gasteiger partial charge is 0.251 e. The van der Waals surface area contributed by atoms with Crippen molar-refractivity contribution in [3.05, 3.63) is 46.0 Å². The van der Waals surface area contributed by atoms with Crippen molar-refractivity contribution in [3.63, 3.8) is 0 Å². The van der Waals surface area contributed by atoms with Crippen LogP contribution in [0.1, 0.15) is 29.5 Å². The van der Waals surface area contributed by atoms with Crippen LogP contribution in [0.2, 0.25) is 0 Å². The summed E-state index contributed by atoms with van der Waals surface area (Å²) in [6.45, 7) is 5.67. The molecule has 8 heteroatoms. The molecule has 1 N–H and O–H groups in total. The molecule has 120 valence electrons. The molecule has 1 atom stereocenters. The number of aromatic amines is 1. The summed E-state index contributed by atoms with van der Waals surface area (Å²) in [4.78, 5) is 18.7. The van der Waals surface area contributed by atoms with E-state index in [0.717, 1.165) is 22.3 Å². The molecule has 0 fully saturated rings. The number of rotatable bonds is 4. The minimum atomic E-state index is -0.146. The van der Waals surface area contributed by atoms with Gasteiger partial charge in [0.2, 0.25) is 0 Å². The normalized spacial score (nSPS) is 12.5. The highest BCUT2D eigenvalue weighted by atomic mass is 32.2. The second-order valence-electron chi connectivity index (χ2n) is 5.29. The summed E-state index contributed by atoms with van der Waals surface area (Å²) in [6.07, 6.45) is 1.64. The summed E-state index contributed by atoms with van der Waals surface area (Å²) in [5, 5.41) is 9.17. The SMILES string of the molecule is Cc1cc(=O)[nH]c(C(C)Sc2nnc(-c3ccoc3C)n2C)n1. The van der Waals surface area contributed by atoms with Crippen molar-refractivity contribution in [3.8, 4) is 11.4 Å². The molecular formula is C15H17N5O2S. The van der Waals surface area contributed by atoms with Crippen molar-refractivity contribution in [2.24, 2.45) is 7.05 Å². The van der Waals surface area contributed by atoms with Gasteiger partial charge in [-0.2, -0.15) is 0 Å². The van der Waals surface area contributed by atoms with E-state index in [4.69, 9.17) is 4.42 Å². The van der Waals surface area contributed by atoms with Crippen LogP contribution in [0.25, 0.3) is 11.4 Å². The average Bonchev–Trinajstić information content (AvgIpc) is 3.05. The maximum Gasteiger partial charge on any atom is 0.251 e. The topological polar surface area (TPSA) is 89.6 Å². The molecule has 7 nitrogen and oxygen atoms in total. The van der Waals surface area contributed by atoms with Crippen LogP contribution in [0.15, 0.2) is 32.8 Å². The number of nitrogens with zero attached hydrogens (tertiary/aromatic N) is 4. The summed E-state index contributed by atoms with van der Waals surface area (Å²) in [5.41, 5.74) is 1.47. The van der Waals surface area contributed by atoms with E-state index in [1.807, 2.05) is 31.5 Å². The maximum absolute atomic E-state index is 11.6. The number of H-pyrrole nitrogens is 1. The summed E-state index contributed by atoms with van der Waals surface area (Å²) in [6, 6.07) is 3.35. The number of aryl methyl sites for hydroxylation is 2. The van der Waals surface area contributed by atoms with Crippen molar-refractivity contribution >= 4 is 11.8 Å². The van der Waals surface area contributed by atoms with E-state index in [1.54, 1.807) is 13.2 Å². The monoisotopic (exact) mass is 331 g/mol. The van der Waals surface area contributed by atoms with Crippen LogP contribution >= 0.6 is 11.8 Å². The molecule has 0 spiro atoms. The molecule has 3 aromatic heterocycles. The maximum atomic E-state index is 11.6. The van der Waals surface area contributed by atoms with Gasteiger partial charge >= 0.3 is 0 Å². The van der Waals surface area contributed by atoms with Gasteiger partial charge in [-0.05, 0) is 26.8 Å². The highest BCUT2D eigenvalue weighted by molar-refractivity contribution is 7.99. The van der Waals surface area contributed by atoms with Crippen molar-refractivity contribution in [2.75, 3.05) is 0 Å². The third-order valence-corrected chi connectivity index (χ3v) is 4.63. The van der Waals surface area contributed by atoms with Crippen molar-refractivity contribution in [2.45, 2.75) is 31.2 Å². The van der Waals surface area contributed by atoms with Crippen LogP contribution < -0.4 is 5.56 Å². The molecule has 0 saturated carbocycles. The van der Waals surface area contributed by atoms with Crippen LogP contribution in [0.3, 0.4) is 0 Å². The van der Waals surface area contributed by atoms with Gasteiger partial charge in [0, 0.05) is 18.8 Å². The molecule has 0 aliphatic carbocycles. The Morgan fingerprint density at radius 1 is 1.35 bits per heavy atom. The van der Waals surface area contributed by atoms with Gasteiger partial charge in [0.25, 0.3) is 5.56 Å². The Kier molecular flexibility index (Phi) is 4.08. The van der Waals surface area contributed by atoms with E-state index >= 15 is 0 Å². The Labute approximate surface area is 137 Å². The summed E-state index contributed by atoms with van der Waals surface area (Å²) < 4.78 is 7.23. The molecular weight excluding hydrogens is 314 g/mol. The van der Waals surface area contributed by atoms with Gasteiger partial charge in [-0.1, -0.05) is 11.8 Å². The molecule has 3 heterocycles. The molecule has 23 heavy (non-hydrogen) atoms. The fourth-order valence-corrected chi connectivity index (χ4v) is 3.15. The van der Waals surface area contributed by atoms with Crippen molar-refractivity contribution in [1.29, 1.82) is 0 Å². The Hall–Kier alpha value is -2.35. The minimum absolute atomic E-state index is 0.0520. The first-order valence-electron chi connectivity index (χ1n) is 7.14. The third-order valence-electron chi connectivity index (χ3n) is 3.49. The molecule has 3 rings (SSSR count). The largest absolute Gasteiger partial charge is 0.469 e. The van der Waals surface area contributed by atoms with Crippen molar-refractivity contribution < 1.29 is 4.42 Å². The summed E-state index contributed by atoms with van der Waals surface area (Å²) >= 11 is 1.49. The minimum Gasteiger partial charge on any atom is -0.469 e. The van der Waals surface area contributed by atoms with E-state index in [-0.39, 0.29) is 10.8 Å². The molecule has 0 amide bonds. The molecule has 1 unspecified atom stereocenters. The van der Waals surface area contributed by atoms with Crippen LogP contribution in [-0.4, -0.2) is 24.7 Å². The van der Waals surface area contributed by atoms with Crippen LogP contribution in [0.5, 0.6) is 0 Å². The zero-order chi connectivity index (χ0) is 16.6.